The lowest BCUT2D eigenvalue weighted by molar-refractivity contribution is -0.137. The van der Waals surface area contributed by atoms with Crippen molar-refractivity contribution in [3.8, 4) is 34.4 Å². The van der Waals surface area contributed by atoms with Crippen LogP contribution in [-0.2, 0) is 16.2 Å². The third-order valence-corrected chi connectivity index (χ3v) is 6.25. The molecule has 0 aromatic heterocycles. The number of benzene rings is 3. The molecule has 3 aromatic carbocycles. The van der Waals surface area contributed by atoms with Gasteiger partial charge in [0.15, 0.2) is 0 Å². The van der Waals surface area contributed by atoms with Gasteiger partial charge in [0.05, 0.1) is 21.0 Å². The van der Waals surface area contributed by atoms with Gasteiger partial charge in [-0.1, -0.05) is 17.7 Å². The third-order valence-electron chi connectivity index (χ3n) is 4.95. The summed E-state index contributed by atoms with van der Waals surface area (Å²) >= 11 is 5.64. The first kappa shape index (κ1) is 27.3. The van der Waals surface area contributed by atoms with E-state index in [-0.39, 0.29) is 27.5 Å². The summed E-state index contributed by atoms with van der Waals surface area (Å²) in [5, 5.41) is 14.5. The van der Waals surface area contributed by atoms with Crippen molar-refractivity contribution < 1.29 is 31.1 Å². The molecule has 0 fully saturated rings. The first-order valence-electron chi connectivity index (χ1n) is 10.3. The lowest BCUT2D eigenvalue weighted by Crippen LogP contribution is -2.19. The summed E-state index contributed by atoms with van der Waals surface area (Å²) in [6, 6.07) is 13.3. The molecule has 0 amide bonds. The number of ether oxygens (including phenoxy) is 2. The van der Waals surface area contributed by atoms with Gasteiger partial charge < -0.3 is 14.4 Å². The monoisotopic (exact) mass is 539 g/mol. The number of rotatable bonds is 8. The zero-order valence-electron chi connectivity index (χ0n) is 19.1. The Morgan fingerprint density at radius 3 is 2.36 bits per heavy atom. The van der Waals surface area contributed by atoms with Crippen molar-refractivity contribution in [2.24, 2.45) is 5.14 Å². The molecular formula is C24H21ClF3N3O4S. The average Bonchev–Trinajstić information content (AvgIpc) is 2.79. The van der Waals surface area contributed by atoms with E-state index in [1.165, 1.54) is 42.5 Å². The van der Waals surface area contributed by atoms with Crippen LogP contribution in [0.15, 0.2) is 59.5 Å². The van der Waals surface area contributed by atoms with E-state index in [0.29, 0.717) is 24.5 Å². The summed E-state index contributed by atoms with van der Waals surface area (Å²) in [6.07, 6.45) is -4.69. The standard InChI is InChI=1S/C24H21ClF3N3O4S/c1-31(2)9-10-34-17-5-8-23(36(30,32)33)19(12-17)15-3-7-22(16(11-15)14-29)35-18-4-6-21(25)20(13-18)24(26,27)28/h3-8,11-13H,9-10H2,1-2H3,(H2,30,32,33). The second kappa shape index (κ2) is 10.8. The zero-order valence-corrected chi connectivity index (χ0v) is 20.7. The van der Waals surface area contributed by atoms with Gasteiger partial charge in [0.1, 0.15) is 29.9 Å². The van der Waals surface area contributed by atoms with Crippen molar-refractivity contribution in [3.63, 3.8) is 0 Å². The van der Waals surface area contributed by atoms with Gasteiger partial charge in [-0.05, 0) is 68.2 Å². The first-order valence-corrected chi connectivity index (χ1v) is 12.3. The van der Waals surface area contributed by atoms with Gasteiger partial charge in [-0.25, -0.2) is 13.6 Å². The van der Waals surface area contributed by atoms with Gasteiger partial charge in [-0.15, -0.1) is 0 Å². The van der Waals surface area contributed by atoms with Gasteiger partial charge in [0.25, 0.3) is 0 Å². The molecule has 0 saturated heterocycles. The molecule has 2 N–H and O–H groups in total. The van der Waals surface area contributed by atoms with Crippen molar-refractivity contribution in [2.45, 2.75) is 11.1 Å². The highest BCUT2D eigenvalue weighted by molar-refractivity contribution is 7.89. The van der Waals surface area contributed by atoms with Crippen molar-refractivity contribution in [2.75, 3.05) is 27.2 Å². The number of likely N-dealkylation sites (N-methyl/N-ethyl adjacent to an activating group) is 1. The van der Waals surface area contributed by atoms with E-state index in [0.717, 1.165) is 12.1 Å². The molecule has 0 heterocycles. The number of nitriles is 1. The molecule has 0 radical (unpaired) electrons. The van der Waals surface area contributed by atoms with Gasteiger partial charge in [0.2, 0.25) is 10.0 Å². The Morgan fingerprint density at radius 2 is 1.75 bits per heavy atom. The van der Waals surface area contributed by atoms with Gasteiger partial charge in [-0.3, -0.25) is 0 Å². The molecular weight excluding hydrogens is 519 g/mol. The van der Waals surface area contributed by atoms with Crippen LogP contribution in [0.5, 0.6) is 17.2 Å². The first-order chi connectivity index (χ1) is 16.8. The van der Waals surface area contributed by atoms with Crippen LogP contribution < -0.4 is 14.6 Å². The molecule has 0 atom stereocenters. The molecule has 7 nitrogen and oxygen atoms in total. The quantitative estimate of drug-likeness (QED) is 0.417. The number of hydrogen-bond acceptors (Lipinski definition) is 6. The molecule has 0 aliphatic heterocycles. The topological polar surface area (TPSA) is 106 Å². The Labute approximate surface area is 211 Å². The molecule has 0 bridgehead atoms. The SMILES string of the molecule is CN(C)CCOc1ccc(S(N)(=O)=O)c(-c2ccc(Oc3ccc(Cl)c(C(F)(F)F)c3)c(C#N)c2)c1. The van der Waals surface area contributed by atoms with Crippen molar-refractivity contribution in [3.05, 3.63) is 70.7 Å². The maximum Gasteiger partial charge on any atom is 0.417 e. The van der Waals surface area contributed by atoms with Gasteiger partial charge in [0, 0.05) is 12.1 Å². The van der Waals surface area contributed by atoms with E-state index in [1.807, 2.05) is 25.1 Å². The Morgan fingerprint density at radius 1 is 1.06 bits per heavy atom. The fourth-order valence-corrected chi connectivity index (χ4v) is 4.17. The molecule has 0 unspecified atom stereocenters. The molecule has 0 aliphatic carbocycles. The van der Waals surface area contributed by atoms with Crippen LogP contribution >= 0.6 is 11.6 Å². The van der Waals surface area contributed by atoms with Crippen LogP contribution in [0.2, 0.25) is 5.02 Å². The van der Waals surface area contributed by atoms with E-state index in [4.69, 9.17) is 26.2 Å². The van der Waals surface area contributed by atoms with Crippen LogP contribution in [0.3, 0.4) is 0 Å². The summed E-state index contributed by atoms with van der Waals surface area (Å²) in [5.41, 5.74) is -0.627. The number of halogens is 4. The molecule has 0 aliphatic rings. The fourth-order valence-electron chi connectivity index (χ4n) is 3.20. The number of hydrogen-bond donors (Lipinski definition) is 1. The van der Waals surface area contributed by atoms with Crippen LogP contribution in [-0.4, -0.2) is 40.6 Å². The third kappa shape index (κ3) is 6.67. The Kier molecular flexibility index (Phi) is 8.15. The van der Waals surface area contributed by atoms with Crippen molar-refractivity contribution >= 4 is 21.6 Å². The predicted octanol–water partition coefficient (Wildman–Crippen LogP) is 5.28. The molecule has 36 heavy (non-hydrogen) atoms. The van der Waals surface area contributed by atoms with Gasteiger partial charge in [-0.2, -0.15) is 18.4 Å². The highest BCUT2D eigenvalue weighted by Gasteiger charge is 2.33. The lowest BCUT2D eigenvalue weighted by Gasteiger charge is -2.15. The molecule has 0 saturated carbocycles. The molecule has 3 rings (SSSR count). The van der Waals surface area contributed by atoms with Crippen LogP contribution in [0.4, 0.5) is 13.2 Å². The Hall–Kier alpha value is -3.30. The number of nitrogens with zero attached hydrogens (tertiary/aromatic N) is 2. The lowest BCUT2D eigenvalue weighted by atomic mass is 10.0. The number of alkyl halides is 3. The van der Waals surface area contributed by atoms with E-state index >= 15 is 0 Å². The van der Waals surface area contributed by atoms with E-state index in [1.54, 1.807) is 0 Å². The van der Waals surface area contributed by atoms with E-state index < -0.39 is 26.8 Å². The van der Waals surface area contributed by atoms with Crippen molar-refractivity contribution in [1.82, 2.24) is 4.90 Å². The summed E-state index contributed by atoms with van der Waals surface area (Å²) in [7, 11) is -0.381. The van der Waals surface area contributed by atoms with Crippen LogP contribution in [0, 0.1) is 11.3 Å². The Bertz CT molecular complexity index is 1420. The summed E-state index contributed by atoms with van der Waals surface area (Å²) in [6.45, 7) is 0.968. The zero-order chi connectivity index (χ0) is 26.7. The molecule has 190 valence electrons. The fraction of sp³-hybridized carbons (Fsp3) is 0.208. The van der Waals surface area contributed by atoms with Crippen LogP contribution in [0.25, 0.3) is 11.1 Å². The smallest absolute Gasteiger partial charge is 0.417 e. The number of primary sulfonamides is 1. The maximum absolute atomic E-state index is 13.2. The largest absolute Gasteiger partial charge is 0.492 e. The Balaban J connectivity index is 2.01. The van der Waals surface area contributed by atoms with E-state index in [9.17, 15) is 26.9 Å². The second-order valence-electron chi connectivity index (χ2n) is 7.92. The minimum Gasteiger partial charge on any atom is -0.492 e. The van der Waals surface area contributed by atoms with E-state index in [2.05, 4.69) is 0 Å². The number of sulfonamides is 1. The van der Waals surface area contributed by atoms with Gasteiger partial charge >= 0.3 is 6.18 Å². The molecule has 12 heteroatoms. The average molecular weight is 540 g/mol. The van der Waals surface area contributed by atoms with Crippen LogP contribution in [0.1, 0.15) is 11.1 Å². The summed E-state index contributed by atoms with van der Waals surface area (Å²) < 4.78 is 75.1. The predicted molar refractivity (Wildman–Crippen MR) is 129 cm³/mol. The highest BCUT2D eigenvalue weighted by Crippen LogP contribution is 2.39. The summed E-state index contributed by atoms with van der Waals surface area (Å²) in [4.78, 5) is 1.73. The van der Waals surface area contributed by atoms with Crippen molar-refractivity contribution in [1.29, 1.82) is 5.26 Å². The maximum atomic E-state index is 13.2. The molecule has 0 spiro atoms. The second-order valence-corrected chi connectivity index (χ2v) is 9.86. The molecule has 3 aromatic rings. The number of nitrogens with two attached hydrogens (primary N) is 1. The summed E-state index contributed by atoms with van der Waals surface area (Å²) in [5.74, 6) is 0.170. The normalized spacial score (nSPS) is 11.9. The highest BCUT2D eigenvalue weighted by atomic mass is 35.5. The minimum absolute atomic E-state index is 0.0350. The minimum atomic E-state index is -4.69.